The number of Topliss-reactive ketones (excluding diaryl/α,β-unsaturated/α-hetero) is 1. The van der Waals surface area contributed by atoms with Gasteiger partial charge in [-0.3, -0.25) is 4.79 Å². The SMILES string of the molecule is CC(=O)C1=C/C=C(/C(F)F)C(C)C\C=C\1. The van der Waals surface area contributed by atoms with E-state index in [1.54, 1.807) is 19.1 Å². The lowest BCUT2D eigenvalue weighted by Gasteiger charge is -2.14. The average Bonchev–Trinajstić information content (AvgIpc) is 2.10. The molecule has 0 aromatic carbocycles. The van der Waals surface area contributed by atoms with Gasteiger partial charge < -0.3 is 0 Å². The van der Waals surface area contributed by atoms with Crippen LogP contribution in [0.5, 0.6) is 0 Å². The van der Waals surface area contributed by atoms with Crippen LogP contribution in [0, 0.1) is 5.92 Å². The number of alkyl halides is 2. The molecule has 3 heteroatoms. The van der Waals surface area contributed by atoms with Crippen LogP contribution in [0.4, 0.5) is 8.78 Å². The second kappa shape index (κ2) is 5.01. The molecule has 0 saturated heterocycles. The van der Waals surface area contributed by atoms with Gasteiger partial charge in [0.05, 0.1) is 0 Å². The van der Waals surface area contributed by atoms with Crippen molar-refractivity contribution in [2.45, 2.75) is 26.7 Å². The first-order valence-corrected chi connectivity index (χ1v) is 4.89. The van der Waals surface area contributed by atoms with Gasteiger partial charge in [-0.2, -0.15) is 0 Å². The number of ketones is 1. The third-order valence-electron chi connectivity index (χ3n) is 2.47. The monoisotopic (exact) mass is 212 g/mol. The predicted octanol–water partition coefficient (Wildman–Crippen LogP) is 3.29. The highest BCUT2D eigenvalue weighted by molar-refractivity contribution is 5.96. The fourth-order valence-corrected chi connectivity index (χ4v) is 1.46. The van der Waals surface area contributed by atoms with Gasteiger partial charge in [-0.15, -0.1) is 0 Å². The van der Waals surface area contributed by atoms with E-state index in [1.165, 1.54) is 19.1 Å². The molecule has 0 fully saturated rings. The summed E-state index contributed by atoms with van der Waals surface area (Å²) in [4.78, 5) is 11.1. The molecule has 1 nitrogen and oxygen atoms in total. The van der Waals surface area contributed by atoms with Gasteiger partial charge >= 0.3 is 0 Å². The van der Waals surface area contributed by atoms with Crippen molar-refractivity contribution >= 4 is 5.78 Å². The van der Waals surface area contributed by atoms with Gasteiger partial charge in [0, 0.05) is 5.57 Å². The third kappa shape index (κ3) is 3.11. The number of allylic oxidation sites excluding steroid dienone is 6. The van der Waals surface area contributed by atoms with Crippen molar-refractivity contribution in [2.24, 2.45) is 5.92 Å². The molecule has 0 amide bonds. The molecule has 0 N–H and O–H groups in total. The Balaban J connectivity index is 3.03. The lowest BCUT2D eigenvalue weighted by molar-refractivity contribution is -0.113. The van der Waals surface area contributed by atoms with Gasteiger partial charge in [0.2, 0.25) is 0 Å². The van der Waals surface area contributed by atoms with Crippen LogP contribution in [-0.4, -0.2) is 12.2 Å². The largest absolute Gasteiger partial charge is 0.295 e. The number of halogens is 2. The Hall–Kier alpha value is -1.25. The minimum absolute atomic E-state index is 0.0955. The first-order chi connectivity index (χ1) is 7.02. The van der Waals surface area contributed by atoms with Crippen LogP contribution >= 0.6 is 0 Å². The van der Waals surface area contributed by atoms with Crippen LogP contribution in [0.2, 0.25) is 0 Å². The molecular weight excluding hydrogens is 198 g/mol. The molecule has 82 valence electrons. The average molecular weight is 212 g/mol. The molecule has 0 heterocycles. The highest BCUT2D eigenvalue weighted by Gasteiger charge is 2.17. The molecule has 0 bridgehead atoms. The van der Waals surface area contributed by atoms with E-state index >= 15 is 0 Å². The minimum atomic E-state index is -2.45. The molecule has 1 atom stereocenters. The zero-order chi connectivity index (χ0) is 11.4. The molecule has 0 aromatic heterocycles. The maximum absolute atomic E-state index is 12.6. The summed E-state index contributed by atoms with van der Waals surface area (Å²) >= 11 is 0. The lowest BCUT2D eigenvalue weighted by Crippen LogP contribution is -2.08. The first kappa shape index (κ1) is 11.8. The van der Waals surface area contributed by atoms with Crippen molar-refractivity contribution in [3.05, 3.63) is 35.5 Å². The Bertz CT molecular complexity index is 338. The second-order valence-corrected chi connectivity index (χ2v) is 3.68. The van der Waals surface area contributed by atoms with E-state index in [0.29, 0.717) is 12.0 Å². The molecule has 15 heavy (non-hydrogen) atoms. The molecule has 0 radical (unpaired) electrons. The van der Waals surface area contributed by atoms with Crippen molar-refractivity contribution in [3.63, 3.8) is 0 Å². The zero-order valence-corrected chi connectivity index (χ0v) is 8.84. The van der Waals surface area contributed by atoms with Gasteiger partial charge in [0.25, 0.3) is 6.43 Å². The summed E-state index contributed by atoms with van der Waals surface area (Å²) in [5.41, 5.74) is 0.568. The van der Waals surface area contributed by atoms with Crippen molar-refractivity contribution in [2.75, 3.05) is 0 Å². The lowest BCUT2D eigenvalue weighted by atomic mass is 9.94. The maximum Gasteiger partial charge on any atom is 0.260 e. The molecule has 0 spiro atoms. The van der Waals surface area contributed by atoms with E-state index in [9.17, 15) is 13.6 Å². The number of carbonyl (C=O) groups is 1. The van der Waals surface area contributed by atoms with Gasteiger partial charge in [-0.1, -0.05) is 31.2 Å². The van der Waals surface area contributed by atoms with Crippen LogP contribution in [-0.2, 0) is 4.79 Å². The zero-order valence-electron chi connectivity index (χ0n) is 8.84. The van der Waals surface area contributed by atoms with Gasteiger partial charge in [0.1, 0.15) is 0 Å². The Morgan fingerprint density at radius 2 is 2.13 bits per heavy atom. The summed E-state index contributed by atoms with van der Waals surface area (Å²) in [5.74, 6) is -0.281. The molecule has 0 saturated carbocycles. The standard InChI is InChI=1S/C12H14F2O/c1-8-4-3-5-10(9(2)15)6-7-11(8)12(13)14/h3,5-8,12H,4H2,1-2H3/b5-3+,10-6+,11-7+. The minimum Gasteiger partial charge on any atom is -0.295 e. The molecule has 0 aromatic rings. The molecule has 1 unspecified atom stereocenters. The Labute approximate surface area is 88.2 Å². The van der Waals surface area contributed by atoms with E-state index < -0.39 is 6.43 Å². The summed E-state index contributed by atoms with van der Waals surface area (Å²) < 4.78 is 25.2. The number of hydrogen-bond acceptors (Lipinski definition) is 1. The van der Waals surface area contributed by atoms with Crippen LogP contribution in [0.15, 0.2) is 35.5 Å². The molecule has 0 aliphatic heterocycles. The normalized spacial score (nSPS) is 30.9. The topological polar surface area (TPSA) is 17.1 Å². The first-order valence-electron chi connectivity index (χ1n) is 4.89. The Morgan fingerprint density at radius 1 is 1.47 bits per heavy atom. The second-order valence-electron chi connectivity index (χ2n) is 3.68. The molecular formula is C12H14F2O. The van der Waals surface area contributed by atoms with E-state index in [4.69, 9.17) is 0 Å². The van der Waals surface area contributed by atoms with E-state index in [2.05, 4.69) is 0 Å². The summed E-state index contributed by atoms with van der Waals surface area (Å²) in [6.45, 7) is 3.19. The highest BCUT2D eigenvalue weighted by Crippen LogP contribution is 2.24. The molecule has 1 rings (SSSR count). The fraction of sp³-hybridized carbons (Fsp3) is 0.417. The quantitative estimate of drug-likeness (QED) is 0.686. The van der Waals surface area contributed by atoms with Crippen molar-refractivity contribution < 1.29 is 13.6 Å². The Morgan fingerprint density at radius 3 is 2.67 bits per heavy atom. The fourth-order valence-electron chi connectivity index (χ4n) is 1.46. The summed E-state index contributed by atoms with van der Waals surface area (Å²) in [6, 6.07) is 0. The van der Waals surface area contributed by atoms with Crippen molar-refractivity contribution in [3.8, 4) is 0 Å². The summed E-state index contributed by atoms with van der Waals surface area (Å²) in [5, 5.41) is 0. The molecule has 1 aliphatic rings. The van der Waals surface area contributed by atoms with E-state index in [1.807, 2.05) is 0 Å². The van der Waals surface area contributed by atoms with Crippen LogP contribution in [0.3, 0.4) is 0 Å². The highest BCUT2D eigenvalue weighted by atomic mass is 19.3. The van der Waals surface area contributed by atoms with Gasteiger partial charge in [-0.25, -0.2) is 8.78 Å². The summed E-state index contributed by atoms with van der Waals surface area (Å²) in [7, 11) is 0. The number of hydrogen-bond donors (Lipinski definition) is 0. The molecule has 1 aliphatic carbocycles. The van der Waals surface area contributed by atoms with E-state index in [-0.39, 0.29) is 17.3 Å². The van der Waals surface area contributed by atoms with Crippen LogP contribution < -0.4 is 0 Å². The Kier molecular flexibility index (Phi) is 3.95. The van der Waals surface area contributed by atoms with Crippen molar-refractivity contribution in [1.82, 2.24) is 0 Å². The summed E-state index contributed by atoms with van der Waals surface area (Å²) in [6.07, 6.45) is 4.40. The van der Waals surface area contributed by atoms with Gasteiger partial charge in [0.15, 0.2) is 5.78 Å². The maximum atomic E-state index is 12.6. The van der Waals surface area contributed by atoms with Crippen LogP contribution in [0.25, 0.3) is 0 Å². The number of carbonyl (C=O) groups excluding carboxylic acids is 1. The van der Waals surface area contributed by atoms with Crippen LogP contribution in [0.1, 0.15) is 20.3 Å². The van der Waals surface area contributed by atoms with Crippen molar-refractivity contribution in [1.29, 1.82) is 0 Å². The van der Waals surface area contributed by atoms with E-state index in [0.717, 1.165) is 0 Å². The third-order valence-corrected chi connectivity index (χ3v) is 2.47. The number of rotatable bonds is 2. The van der Waals surface area contributed by atoms with Gasteiger partial charge in [-0.05, 0) is 24.8 Å². The smallest absolute Gasteiger partial charge is 0.260 e. The predicted molar refractivity (Wildman–Crippen MR) is 55.8 cm³/mol.